The molecule has 0 aromatic rings. The fourth-order valence-corrected chi connectivity index (χ4v) is 3.38. The van der Waals surface area contributed by atoms with Crippen LogP contribution < -0.4 is 0 Å². The van der Waals surface area contributed by atoms with Crippen molar-refractivity contribution in [1.29, 1.82) is 0 Å². The van der Waals surface area contributed by atoms with Gasteiger partial charge in [0, 0.05) is 5.33 Å². The van der Waals surface area contributed by atoms with E-state index in [1.807, 2.05) is 6.92 Å². The maximum Gasteiger partial charge on any atom is 0.309 e. The lowest BCUT2D eigenvalue weighted by Gasteiger charge is -2.37. The van der Waals surface area contributed by atoms with E-state index in [-0.39, 0.29) is 5.41 Å². The van der Waals surface area contributed by atoms with Gasteiger partial charge in [-0.2, -0.15) is 0 Å². The van der Waals surface area contributed by atoms with Gasteiger partial charge in [-0.15, -0.1) is 0 Å². The van der Waals surface area contributed by atoms with Crippen LogP contribution in [-0.2, 0) is 4.79 Å². The zero-order valence-corrected chi connectivity index (χ0v) is 10.0. The molecule has 0 saturated heterocycles. The Hall–Kier alpha value is -0.0500. The molecule has 76 valence electrons. The second kappa shape index (κ2) is 3.26. The molecule has 0 heterocycles. The highest BCUT2D eigenvalue weighted by atomic mass is 79.9. The average Bonchev–Trinajstić information content (AvgIpc) is 2.25. The molecule has 0 aromatic carbocycles. The second-order valence-corrected chi connectivity index (χ2v) is 5.40. The van der Waals surface area contributed by atoms with Crippen LogP contribution in [0.4, 0.5) is 0 Å². The summed E-state index contributed by atoms with van der Waals surface area (Å²) in [6.45, 7) is 6.01. The summed E-state index contributed by atoms with van der Waals surface area (Å²) in [5.74, 6) is -0.172. The summed E-state index contributed by atoms with van der Waals surface area (Å²) in [4.78, 5) is 11.2. The molecule has 2 nitrogen and oxygen atoms in total. The number of carbonyl (C=O) groups is 1. The van der Waals surface area contributed by atoms with E-state index in [1.165, 1.54) is 0 Å². The Labute approximate surface area is 87.8 Å². The van der Waals surface area contributed by atoms with E-state index in [4.69, 9.17) is 0 Å². The minimum Gasteiger partial charge on any atom is -0.481 e. The molecule has 0 aromatic heterocycles. The molecule has 13 heavy (non-hydrogen) atoms. The van der Waals surface area contributed by atoms with Gasteiger partial charge in [0.05, 0.1) is 5.41 Å². The summed E-state index contributed by atoms with van der Waals surface area (Å²) >= 11 is 3.46. The third-order valence-corrected chi connectivity index (χ3v) is 4.88. The largest absolute Gasteiger partial charge is 0.481 e. The molecule has 0 unspecified atom stereocenters. The van der Waals surface area contributed by atoms with Crippen LogP contribution in [-0.4, -0.2) is 16.4 Å². The van der Waals surface area contributed by atoms with Gasteiger partial charge >= 0.3 is 5.97 Å². The van der Waals surface area contributed by atoms with Crippen molar-refractivity contribution < 1.29 is 9.90 Å². The van der Waals surface area contributed by atoms with Crippen LogP contribution in [0.3, 0.4) is 0 Å². The molecular formula is C10H17BrO2. The molecule has 1 rings (SSSR count). The number of aliphatic carboxylic acids is 1. The van der Waals surface area contributed by atoms with Gasteiger partial charge in [-0.05, 0) is 31.1 Å². The molecule has 1 aliphatic carbocycles. The first-order valence-electron chi connectivity index (χ1n) is 4.65. The van der Waals surface area contributed by atoms with Gasteiger partial charge in [0.15, 0.2) is 0 Å². The molecule has 1 fully saturated rings. The summed E-state index contributed by atoms with van der Waals surface area (Å²) < 4.78 is 0. The van der Waals surface area contributed by atoms with E-state index in [9.17, 15) is 9.90 Å². The predicted octanol–water partition coefficient (Wildman–Crippen LogP) is 2.91. The van der Waals surface area contributed by atoms with Crippen molar-refractivity contribution in [2.75, 3.05) is 5.33 Å². The Morgan fingerprint density at radius 3 is 2.31 bits per heavy atom. The first-order chi connectivity index (χ1) is 5.86. The van der Waals surface area contributed by atoms with Gasteiger partial charge in [-0.1, -0.05) is 29.8 Å². The zero-order chi connectivity index (χ0) is 10.3. The Kier molecular flexibility index (Phi) is 2.77. The monoisotopic (exact) mass is 248 g/mol. The van der Waals surface area contributed by atoms with Gasteiger partial charge in [0.2, 0.25) is 0 Å². The molecule has 0 spiro atoms. The van der Waals surface area contributed by atoms with Gasteiger partial charge in [-0.3, -0.25) is 4.79 Å². The topological polar surface area (TPSA) is 37.3 Å². The molecule has 1 saturated carbocycles. The lowest BCUT2D eigenvalue weighted by molar-refractivity contribution is -0.154. The Morgan fingerprint density at radius 2 is 2.08 bits per heavy atom. The first kappa shape index (κ1) is 11.0. The summed E-state index contributed by atoms with van der Waals surface area (Å²) in [6.07, 6.45) is 1.81. The molecule has 1 N–H and O–H groups in total. The van der Waals surface area contributed by atoms with Gasteiger partial charge in [0.1, 0.15) is 0 Å². The van der Waals surface area contributed by atoms with E-state index in [0.29, 0.717) is 5.92 Å². The van der Waals surface area contributed by atoms with Crippen LogP contribution >= 0.6 is 15.9 Å². The zero-order valence-electron chi connectivity index (χ0n) is 8.43. The van der Waals surface area contributed by atoms with Crippen LogP contribution in [0, 0.1) is 16.7 Å². The fraction of sp³-hybridized carbons (Fsp3) is 0.900. The number of hydrogen-bond donors (Lipinski definition) is 1. The van der Waals surface area contributed by atoms with Gasteiger partial charge in [-0.25, -0.2) is 0 Å². The maximum absolute atomic E-state index is 11.2. The highest BCUT2D eigenvalue weighted by Gasteiger charge is 2.55. The third-order valence-electron chi connectivity index (χ3n) is 4.09. The van der Waals surface area contributed by atoms with E-state index < -0.39 is 11.4 Å². The van der Waals surface area contributed by atoms with E-state index in [2.05, 4.69) is 29.8 Å². The van der Waals surface area contributed by atoms with E-state index >= 15 is 0 Å². The van der Waals surface area contributed by atoms with Crippen molar-refractivity contribution in [2.45, 2.75) is 33.6 Å². The van der Waals surface area contributed by atoms with Gasteiger partial charge < -0.3 is 5.11 Å². The first-order valence-corrected chi connectivity index (χ1v) is 5.78. The maximum atomic E-state index is 11.2. The van der Waals surface area contributed by atoms with Crippen LogP contribution in [0.25, 0.3) is 0 Å². The molecule has 2 atom stereocenters. The molecule has 0 radical (unpaired) electrons. The Bertz CT molecular complexity index is 225. The standard InChI is InChI=1S/C10H17BrO2/c1-9(2)7(6-11)4-5-10(9,3)8(12)13/h7H,4-6H2,1-3H3,(H,12,13)/t7-,10+/m0/s1. The third kappa shape index (κ3) is 1.41. The fourth-order valence-electron chi connectivity index (χ4n) is 2.25. The Balaban J connectivity index is 2.99. The summed E-state index contributed by atoms with van der Waals surface area (Å²) in [5.41, 5.74) is -0.659. The van der Waals surface area contributed by atoms with Crippen molar-refractivity contribution in [2.24, 2.45) is 16.7 Å². The number of carboxylic acid groups (broad SMARTS) is 1. The highest BCUT2D eigenvalue weighted by molar-refractivity contribution is 9.09. The minimum absolute atomic E-state index is 0.109. The summed E-state index contributed by atoms with van der Waals surface area (Å²) in [7, 11) is 0. The van der Waals surface area contributed by atoms with E-state index in [0.717, 1.165) is 18.2 Å². The molecule has 0 amide bonds. The number of alkyl halides is 1. The normalized spacial score (nSPS) is 37.7. The number of hydrogen-bond acceptors (Lipinski definition) is 1. The summed E-state index contributed by atoms with van der Waals surface area (Å²) in [6, 6.07) is 0. The molecule has 1 aliphatic rings. The van der Waals surface area contributed by atoms with Crippen molar-refractivity contribution >= 4 is 21.9 Å². The predicted molar refractivity (Wildman–Crippen MR) is 56.0 cm³/mol. The van der Waals surface area contributed by atoms with Crippen LogP contribution in [0.5, 0.6) is 0 Å². The van der Waals surface area contributed by atoms with Gasteiger partial charge in [0.25, 0.3) is 0 Å². The molecule has 3 heteroatoms. The Morgan fingerprint density at radius 1 is 1.54 bits per heavy atom. The smallest absolute Gasteiger partial charge is 0.309 e. The number of carboxylic acids is 1. The molecule has 0 bridgehead atoms. The summed E-state index contributed by atoms with van der Waals surface area (Å²) in [5, 5.41) is 10.1. The van der Waals surface area contributed by atoms with Crippen LogP contribution in [0.15, 0.2) is 0 Å². The second-order valence-electron chi connectivity index (χ2n) is 4.75. The van der Waals surface area contributed by atoms with E-state index in [1.54, 1.807) is 0 Å². The van der Waals surface area contributed by atoms with Crippen LogP contribution in [0.1, 0.15) is 33.6 Å². The van der Waals surface area contributed by atoms with Crippen LogP contribution in [0.2, 0.25) is 0 Å². The lowest BCUT2D eigenvalue weighted by Crippen LogP contribution is -2.40. The quantitative estimate of drug-likeness (QED) is 0.764. The van der Waals surface area contributed by atoms with Crippen molar-refractivity contribution in [3.63, 3.8) is 0 Å². The SMILES string of the molecule is CC1(C)[C@H](CBr)CC[C@]1(C)C(=O)O. The molecular weight excluding hydrogens is 232 g/mol. The highest BCUT2D eigenvalue weighted by Crippen LogP contribution is 2.56. The lowest BCUT2D eigenvalue weighted by atomic mass is 9.66. The number of halogens is 1. The van der Waals surface area contributed by atoms with Crippen molar-refractivity contribution in [1.82, 2.24) is 0 Å². The number of rotatable bonds is 2. The molecule has 0 aliphatic heterocycles. The van der Waals surface area contributed by atoms with Crippen molar-refractivity contribution in [3.05, 3.63) is 0 Å². The minimum atomic E-state index is -0.652. The average molecular weight is 249 g/mol. The van der Waals surface area contributed by atoms with Crippen molar-refractivity contribution in [3.8, 4) is 0 Å².